The number of nitrogens with one attached hydrogen (secondary N) is 2. The summed E-state index contributed by atoms with van der Waals surface area (Å²) < 4.78 is 5.95. The third-order valence-corrected chi connectivity index (χ3v) is 6.24. The molecule has 11 nitrogen and oxygen atoms in total. The van der Waals surface area contributed by atoms with Gasteiger partial charge in [0.15, 0.2) is 6.61 Å². The number of hydrazine groups is 1. The van der Waals surface area contributed by atoms with E-state index < -0.39 is 46.8 Å². The SMILES string of the molecule is Cc1c(Br)ccc(NC(=O)COC(=O)[C@@H]2CC(=O)N(NC(=O)c3ccccc3[N+](=O)[O-])C2)c1C. The van der Waals surface area contributed by atoms with E-state index in [9.17, 15) is 29.3 Å². The van der Waals surface area contributed by atoms with Gasteiger partial charge in [-0.15, -0.1) is 0 Å². The van der Waals surface area contributed by atoms with Crippen molar-refractivity contribution in [2.75, 3.05) is 18.5 Å². The quantitative estimate of drug-likeness (QED) is 0.316. The molecule has 0 saturated carbocycles. The first kappa shape index (κ1) is 24.8. The van der Waals surface area contributed by atoms with Crippen LogP contribution in [0.4, 0.5) is 11.4 Å². The van der Waals surface area contributed by atoms with Crippen molar-refractivity contribution in [2.45, 2.75) is 20.3 Å². The molecule has 1 aliphatic rings. The standard InChI is InChI=1S/C22H21BrN4O7/c1-12-13(2)17(8-7-16(12)23)24-19(28)11-34-22(31)14-9-20(29)26(10-14)25-21(30)15-5-3-4-6-18(15)27(32)33/h3-8,14H,9-11H2,1-2H3,(H,24,28)(H,25,30)/t14-/m1/s1. The van der Waals surface area contributed by atoms with E-state index in [1.54, 1.807) is 12.1 Å². The van der Waals surface area contributed by atoms with Crippen LogP contribution in [0.3, 0.4) is 0 Å². The molecule has 0 radical (unpaired) electrons. The van der Waals surface area contributed by atoms with Gasteiger partial charge in [-0.05, 0) is 43.2 Å². The van der Waals surface area contributed by atoms with Crippen LogP contribution in [0.25, 0.3) is 0 Å². The van der Waals surface area contributed by atoms with Crippen LogP contribution in [-0.4, -0.2) is 46.8 Å². The van der Waals surface area contributed by atoms with E-state index in [1.807, 2.05) is 13.8 Å². The Hall–Kier alpha value is -3.80. The number of ether oxygens (including phenoxy) is 1. The lowest BCUT2D eigenvalue weighted by Gasteiger charge is -2.17. The highest BCUT2D eigenvalue weighted by atomic mass is 79.9. The lowest BCUT2D eigenvalue weighted by atomic mass is 10.1. The lowest BCUT2D eigenvalue weighted by Crippen LogP contribution is -2.43. The molecule has 0 bridgehead atoms. The number of esters is 1. The molecule has 12 heteroatoms. The first-order valence-corrected chi connectivity index (χ1v) is 10.9. The molecule has 3 amide bonds. The van der Waals surface area contributed by atoms with Crippen LogP contribution in [0.5, 0.6) is 0 Å². The fourth-order valence-electron chi connectivity index (χ4n) is 3.35. The zero-order chi connectivity index (χ0) is 25.0. The molecule has 2 aromatic rings. The molecule has 1 fully saturated rings. The van der Waals surface area contributed by atoms with Crippen LogP contribution in [0.1, 0.15) is 27.9 Å². The van der Waals surface area contributed by atoms with Gasteiger partial charge in [0.05, 0.1) is 17.4 Å². The Kier molecular flexibility index (Phi) is 7.61. The van der Waals surface area contributed by atoms with Gasteiger partial charge >= 0.3 is 5.97 Å². The lowest BCUT2D eigenvalue weighted by molar-refractivity contribution is -0.385. The number of amides is 3. The van der Waals surface area contributed by atoms with Crippen LogP contribution in [0, 0.1) is 29.9 Å². The summed E-state index contributed by atoms with van der Waals surface area (Å²) in [7, 11) is 0. The van der Waals surface area contributed by atoms with Gasteiger partial charge < -0.3 is 10.1 Å². The Bertz CT molecular complexity index is 1180. The third kappa shape index (κ3) is 5.57. The fourth-order valence-corrected chi connectivity index (χ4v) is 3.77. The summed E-state index contributed by atoms with van der Waals surface area (Å²) >= 11 is 3.41. The molecule has 0 aliphatic carbocycles. The minimum atomic E-state index is -0.900. The van der Waals surface area contributed by atoms with E-state index in [0.717, 1.165) is 20.6 Å². The monoisotopic (exact) mass is 532 g/mol. The van der Waals surface area contributed by atoms with Crippen molar-refractivity contribution in [1.29, 1.82) is 0 Å². The van der Waals surface area contributed by atoms with Crippen LogP contribution >= 0.6 is 15.9 Å². The highest BCUT2D eigenvalue weighted by Crippen LogP contribution is 2.26. The molecule has 1 aliphatic heterocycles. The van der Waals surface area contributed by atoms with Gasteiger partial charge in [0.2, 0.25) is 5.91 Å². The predicted molar refractivity (Wildman–Crippen MR) is 124 cm³/mol. The molecular formula is C22H21BrN4O7. The number of anilines is 1. The van der Waals surface area contributed by atoms with E-state index >= 15 is 0 Å². The zero-order valence-corrected chi connectivity index (χ0v) is 19.9. The molecule has 2 aromatic carbocycles. The van der Waals surface area contributed by atoms with E-state index in [0.29, 0.717) is 5.69 Å². The molecular weight excluding hydrogens is 512 g/mol. The summed E-state index contributed by atoms with van der Waals surface area (Å²) in [4.78, 5) is 59.6. The van der Waals surface area contributed by atoms with Crippen molar-refractivity contribution in [3.05, 3.63) is 67.7 Å². The summed E-state index contributed by atoms with van der Waals surface area (Å²) in [6, 6.07) is 8.81. The van der Waals surface area contributed by atoms with Crippen LogP contribution in [-0.2, 0) is 19.1 Å². The number of para-hydroxylation sites is 1. The van der Waals surface area contributed by atoms with Crippen LogP contribution < -0.4 is 10.7 Å². The van der Waals surface area contributed by atoms with Crippen molar-refractivity contribution < 1.29 is 28.8 Å². The van der Waals surface area contributed by atoms with Crippen molar-refractivity contribution >= 4 is 51.0 Å². The number of carbonyl (C=O) groups excluding carboxylic acids is 4. The first-order chi connectivity index (χ1) is 16.1. The molecule has 34 heavy (non-hydrogen) atoms. The van der Waals surface area contributed by atoms with Gasteiger partial charge in [-0.2, -0.15) is 0 Å². The van der Waals surface area contributed by atoms with E-state index in [-0.39, 0.29) is 18.5 Å². The van der Waals surface area contributed by atoms with Crippen molar-refractivity contribution in [3.8, 4) is 0 Å². The summed E-state index contributed by atoms with van der Waals surface area (Å²) in [5.74, 6) is -3.62. The number of hydrogen-bond donors (Lipinski definition) is 2. The Morgan fingerprint density at radius 3 is 2.59 bits per heavy atom. The average Bonchev–Trinajstić information content (AvgIpc) is 3.17. The maximum Gasteiger partial charge on any atom is 0.311 e. The largest absolute Gasteiger partial charge is 0.455 e. The summed E-state index contributed by atoms with van der Waals surface area (Å²) in [6.07, 6.45) is -0.234. The van der Waals surface area contributed by atoms with Gasteiger partial charge in [-0.25, -0.2) is 0 Å². The number of nitro benzene ring substituents is 1. The Labute approximate surface area is 202 Å². The number of halogens is 1. The Morgan fingerprint density at radius 1 is 1.18 bits per heavy atom. The molecule has 1 atom stereocenters. The van der Waals surface area contributed by atoms with E-state index in [4.69, 9.17) is 4.74 Å². The van der Waals surface area contributed by atoms with Gasteiger partial charge in [-0.3, -0.25) is 39.7 Å². The second-order valence-corrected chi connectivity index (χ2v) is 8.48. The normalized spacial score (nSPS) is 15.1. The van der Waals surface area contributed by atoms with Crippen molar-refractivity contribution in [2.24, 2.45) is 5.92 Å². The van der Waals surface area contributed by atoms with E-state index in [2.05, 4.69) is 26.7 Å². The Morgan fingerprint density at radius 2 is 1.88 bits per heavy atom. The smallest absolute Gasteiger partial charge is 0.311 e. The third-order valence-electron chi connectivity index (χ3n) is 5.38. The first-order valence-electron chi connectivity index (χ1n) is 10.2. The average molecular weight is 533 g/mol. The summed E-state index contributed by atoms with van der Waals surface area (Å²) in [5, 5.41) is 14.7. The van der Waals surface area contributed by atoms with Gasteiger partial charge in [0.25, 0.3) is 17.5 Å². The fraction of sp³-hybridized carbons (Fsp3) is 0.273. The minimum Gasteiger partial charge on any atom is -0.455 e. The van der Waals surface area contributed by atoms with Gasteiger partial charge in [0, 0.05) is 22.6 Å². The molecule has 1 heterocycles. The molecule has 0 spiro atoms. The zero-order valence-electron chi connectivity index (χ0n) is 18.3. The molecule has 2 N–H and O–H groups in total. The second-order valence-electron chi connectivity index (χ2n) is 7.62. The second kappa shape index (κ2) is 10.4. The number of nitrogens with zero attached hydrogens (tertiary/aromatic N) is 2. The number of benzene rings is 2. The molecule has 1 saturated heterocycles. The maximum atomic E-state index is 12.4. The molecule has 0 aromatic heterocycles. The van der Waals surface area contributed by atoms with Gasteiger partial charge in [-0.1, -0.05) is 28.1 Å². The van der Waals surface area contributed by atoms with Gasteiger partial charge in [0.1, 0.15) is 5.56 Å². The molecule has 0 unspecified atom stereocenters. The van der Waals surface area contributed by atoms with Crippen molar-refractivity contribution in [3.63, 3.8) is 0 Å². The highest BCUT2D eigenvalue weighted by molar-refractivity contribution is 9.10. The molecule has 3 rings (SSSR count). The minimum absolute atomic E-state index is 0.184. The van der Waals surface area contributed by atoms with E-state index in [1.165, 1.54) is 24.3 Å². The summed E-state index contributed by atoms with van der Waals surface area (Å²) in [5.41, 5.74) is 4.06. The maximum absolute atomic E-state index is 12.4. The van der Waals surface area contributed by atoms with Crippen LogP contribution in [0.15, 0.2) is 40.9 Å². The van der Waals surface area contributed by atoms with Crippen molar-refractivity contribution in [1.82, 2.24) is 10.4 Å². The topological polar surface area (TPSA) is 148 Å². The summed E-state index contributed by atoms with van der Waals surface area (Å²) in [6.45, 7) is 3.02. The highest BCUT2D eigenvalue weighted by Gasteiger charge is 2.37. The molecule has 178 valence electrons. The number of hydrogen-bond acceptors (Lipinski definition) is 7. The number of rotatable bonds is 7. The number of nitro groups is 1. The van der Waals surface area contributed by atoms with Crippen LogP contribution in [0.2, 0.25) is 0 Å². The predicted octanol–water partition coefficient (Wildman–Crippen LogP) is 2.65. The Balaban J connectivity index is 1.54. The number of carbonyl (C=O) groups is 4.